The largest absolute Gasteiger partial charge is 0.455 e. The van der Waals surface area contributed by atoms with Crippen molar-refractivity contribution in [1.82, 2.24) is 5.32 Å². The molecule has 0 spiro atoms. The predicted molar refractivity (Wildman–Crippen MR) is 169 cm³/mol. The van der Waals surface area contributed by atoms with Gasteiger partial charge in [-0.25, -0.2) is 0 Å². The van der Waals surface area contributed by atoms with Crippen LogP contribution in [0.3, 0.4) is 0 Å². The first-order valence-electron chi connectivity index (χ1n) is 14.8. The summed E-state index contributed by atoms with van der Waals surface area (Å²) < 4.78 is 6.72. The number of fused-ring (bicyclic) bond motifs is 1. The van der Waals surface area contributed by atoms with E-state index in [2.05, 4.69) is 120 Å². The van der Waals surface area contributed by atoms with Gasteiger partial charge in [0, 0.05) is 17.8 Å². The Morgan fingerprint density at radius 1 is 0.805 bits per heavy atom. The van der Waals surface area contributed by atoms with Crippen LogP contribution >= 0.6 is 0 Å². The number of rotatable bonds is 5. The first-order valence-corrected chi connectivity index (χ1v) is 14.8. The summed E-state index contributed by atoms with van der Waals surface area (Å²) in [5.41, 5.74) is 11.1. The van der Waals surface area contributed by atoms with Gasteiger partial charge in [0.1, 0.15) is 11.5 Å². The molecule has 0 amide bonds. The lowest BCUT2D eigenvalue weighted by Gasteiger charge is -2.31. The van der Waals surface area contributed by atoms with Crippen molar-refractivity contribution in [1.29, 1.82) is 0 Å². The summed E-state index contributed by atoms with van der Waals surface area (Å²) in [6.07, 6.45) is 6.36. The Kier molecular flexibility index (Phi) is 7.04. The van der Waals surface area contributed by atoms with Crippen LogP contribution in [0.5, 0.6) is 0 Å². The van der Waals surface area contributed by atoms with Gasteiger partial charge in [0.25, 0.3) is 0 Å². The fraction of sp³-hybridized carbons (Fsp3) is 0.211. The Hall–Kier alpha value is -4.34. The second-order valence-corrected chi connectivity index (χ2v) is 11.3. The minimum atomic E-state index is 0.612. The molecular weight excluding hydrogens is 500 g/mol. The number of nitrogens with one attached hydrogen (secondary N) is 1. The quantitative estimate of drug-likeness (QED) is 0.276. The van der Waals surface area contributed by atoms with Crippen molar-refractivity contribution in [2.75, 3.05) is 18.0 Å². The smallest absolute Gasteiger partial charge is 0.150 e. The molecule has 0 aromatic heterocycles. The maximum atomic E-state index is 6.72. The first-order chi connectivity index (χ1) is 20.2. The zero-order chi connectivity index (χ0) is 27.6. The fourth-order valence-electron chi connectivity index (χ4n) is 6.55. The molecule has 0 radical (unpaired) electrons. The number of anilines is 1. The number of nitrogens with zero attached hydrogens (tertiary/aromatic N) is 1. The Morgan fingerprint density at radius 3 is 2.29 bits per heavy atom. The molecule has 1 N–H and O–H groups in total. The van der Waals surface area contributed by atoms with E-state index < -0.39 is 0 Å². The summed E-state index contributed by atoms with van der Waals surface area (Å²) in [5, 5.41) is 3.52. The monoisotopic (exact) mass is 536 g/mol. The molecule has 4 aromatic rings. The van der Waals surface area contributed by atoms with Gasteiger partial charge in [-0.1, -0.05) is 104 Å². The van der Waals surface area contributed by atoms with Gasteiger partial charge in [-0.3, -0.25) is 0 Å². The third kappa shape index (κ3) is 5.14. The molecule has 0 aliphatic carbocycles. The minimum absolute atomic E-state index is 0.612. The van der Waals surface area contributed by atoms with Gasteiger partial charge in [0.2, 0.25) is 0 Å². The molecule has 3 heteroatoms. The van der Waals surface area contributed by atoms with E-state index in [1.54, 1.807) is 0 Å². The number of benzene rings is 4. The average Bonchev–Trinajstić information content (AvgIpc) is 3.16. The molecular formula is C38H36N2O. The van der Waals surface area contributed by atoms with Crippen molar-refractivity contribution in [3.8, 4) is 11.1 Å². The molecule has 3 aliphatic rings. The zero-order valence-electron chi connectivity index (χ0n) is 23.5. The van der Waals surface area contributed by atoms with Gasteiger partial charge in [-0.2, -0.15) is 0 Å². The molecule has 4 aromatic carbocycles. The Balaban J connectivity index is 1.30. The van der Waals surface area contributed by atoms with E-state index in [1.165, 1.54) is 51.9 Å². The van der Waals surface area contributed by atoms with Crippen LogP contribution in [0.25, 0.3) is 16.9 Å². The van der Waals surface area contributed by atoms with E-state index in [1.807, 2.05) is 6.07 Å². The van der Waals surface area contributed by atoms with Crippen LogP contribution in [0.1, 0.15) is 47.4 Å². The van der Waals surface area contributed by atoms with E-state index >= 15 is 0 Å². The fourth-order valence-corrected chi connectivity index (χ4v) is 6.55. The van der Waals surface area contributed by atoms with Crippen LogP contribution in [0.4, 0.5) is 5.69 Å². The van der Waals surface area contributed by atoms with E-state index in [0.29, 0.717) is 12.5 Å². The molecule has 0 bridgehead atoms. The highest BCUT2D eigenvalue weighted by Gasteiger charge is 2.30. The molecule has 3 aliphatic heterocycles. The molecule has 41 heavy (non-hydrogen) atoms. The molecule has 0 atom stereocenters. The average molecular weight is 537 g/mol. The number of allylic oxidation sites excluding steroid dienone is 2. The topological polar surface area (TPSA) is 24.5 Å². The van der Waals surface area contributed by atoms with E-state index in [4.69, 9.17) is 4.74 Å². The predicted octanol–water partition coefficient (Wildman–Crippen LogP) is 8.61. The molecule has 3 heterocycles. The summed E-state index contributed by atoms with van der Waals surface area (Å²) in [6.45, 7) is 7.59. The summed E-state index contributed by atoms with van der Waals surface area (Å²) in [5.74, 6) is 2.44. The van der Waals surface area contributed by atoms with Crippen molar-refractivity contribution in [3.05, 3.63) is 155 Å². The van der Waals surface area contributed by atoms with Crippen LogP contribution in [0.2, 0.25) is 0 Å². The Labute approximate surface area is 243 Å². The van der Waals surface area contributed by atoms with Gasteiger partial charge in [0.15, 0.2) is 0 Å². The van der Waals surface area contributed by atoms with Crippen LogP contribution in [0, 0.1) is 0 Å². The minimum Gasteiger partial charge on any atom is -0.455 e. The SMILES string of the molecule is C=C1C2=C(CC=C(c3ccccc3)O2)Cc2cc(C3CCNCC3)ccc2N1Cc1ccccc1-c1ccccc1. The zero-order valence-corrected chi connectivity index (χ0v) is 23.5. The maximum absolute atomic E-state index is 6.72. The normalized spacial score (nSPS) is 17.3. The third-order valence-electron chi connectivity index (χ3n) is 8.75. The second-order valence-electron chi connectivity index (χ2n) is 11.3. The molecule has 0 saturated carbocycles. The molecule has 3 nitrogen and oxygen atoms in total. The molecule has 0 unspecified atom stereocenters. The molecule has 204 valence electrons. The summed E-state index contributed by atoms with van der Waals surface area (Å²) in [4.78, 5) is 2.39. The Bertz CT molecular complexity index is 1630. The van der Waals surface area contributed by atoms with Gasteiger partial charge >= 0.3 is 0 Å². The van der Waals surface area contributed by atoms with E-state index in [9.17, 15) is 0 Å². The lowest BCUT2D eigenvalue weighted by atomic mass is 9.87. The number of hydrogen-bond donors (Lipinski definition) is 1. The second kappa shape index (κ2) is 11.3. The molecule has 7 rings (SSSR count). The molecule has 1 fully saturated rings. The van der Waals surface area contributed by atoms with Crippen LogP contribution in [-0.2, 0) is 17.7 Å². The molecule has 1 saturated heterocycles. The van der Waals surface area contributed by atoms with Crippen molar-refractivity contribution in [2.45, 2.75) is 38.1 Å². The van der Waals surface area contributed by atoms with Crippen LogP contribution in [-0.4, -0.2) is 13.1 Å². The van der Waals surface area contributed by atoms with Crippen molar-refractivity contribution in [3.63, 3.8) is 0 Å². The third-order valence-corrected chi connectivity index (χ3v) is 8.75. The van der Waals surface area contributed by atoms with Gasteiger partial charge in [-0.05, 0) is 90.2 Å². The van der Waals surface area contributed by atoms with Crippen LogP contribution < -0.4 is 10.2 Å². The summed E-state index contributed by atoms with van der Waals surface area (Å²) in [6, 6.07) is 37.0. The van der Waals surface area contributed by atoms with Gasteiger partial charge in [-0.15, -0.1) is 0 Å². The van der Waals surface area contributed by atoms with Crippen LogP contribution in [0.15, 0.2) is 133 Å². The number of ether oxygens (including phenoxy) is 1. The van der Waals surface area contributed by atoms with Crippen molar-refractivity contribution >= 4 is 11.4 Å². The maximum Gasteiger partial charge on any atom is 0.150 e. The standard InChI is InChI=1S/C38H36N2O/c1-27-38-32(17-19-37(41-38)30-12-6-3-7-13-30)25-34-24-31(28-20-22-39-23-21-28)16-18-36(34)40(27)26-33-14-8-9-15-35(33)29-10-4-2-5-11-29/h2-16,18-19,24,28,39H,1,17,20-23,25-26H2. The van der Waals surface area contributed by atoms with E-state index in [0.717, 1.165) is 48.7 Å². The van der Waals surface area contributed by atoms with E-state index in [-0.39, 0.29) is 0 Å². The van der Waals surface area contributed by atoms with Crippen molar-refractivity contribution < 1.29 is 4.74 Å². The van der Waals surface area contributed by atoms with Crippen molar-refractivity contribution in [2.24, 2.45) is 0 Å². The Morgan fingerprint density at radius 2 is 1.51 bits per heavy atom. The lowest BCUT2D eigenvalue weighted by Crippen LogP contribution is -2.27. The van der Waals surface area contributed by atoms with Gasteiger partial charge in [0.05, 0.1) is 5.70 Å². The summed E-state index contributed by atoms with van der Waals surface area (Å²) >= 11 is 0. The highest BCUT2D eigenvalue weighted by atomic mass is 16.5. The number of piperidine rings is 1. The highest BCUT2D eigenvalue weighted by Crippen LogP contribution is 2.43. The first kappa shape index (κ1) is 25.6. The number of hydrogen-bond acceptors (Lipinski definition) is 3. The summed E-state index contributed by atoms with van der Waals surface area (Å²) in [7, 11) is 0. The lowest BCUT2D eigenvalue weighted by molar-refractivity contribution is 0.373. The highest BCUT2D eigenvalue weighted by molar-refractivity contribution is 5.72. The van der Waals surface area contributed by atoms with Gasteiger partial charge < -0.3 is 15.0 Å².